The van der Waals surface area contributed by atoms with Gasteiger partial charge in [-0.2, -0.15) is 4.98 Å². The summed E-state index contributed by atoms with van der Waals surface area (Å²) in [6.07, 6.45) is 4.42. The molecule has 1 fully saturated rings. The average Bonchev–Trinajstić information content (AvgIpc) is 3.39. The van der Waals surface area contributed by atoms with Gasteiger partial charge in [0.25, 0.3) is 0 Å². The first kappa shape index (κ1) is 29.1. The molecular formula is C30H35N7O4S. The van der Waals surface area contributed by atoms with Crippen molar-refractivity contribution in [1.82, 2.24) is 19.5 Å². The molecule has 11 nitrogen and oxygen atoms in total. The van der Waals surface area contributed by atoms with Crippen LogP contribution in [-0.4, -0.2) is 72.2 Å². The van der Waals surface area contributed by atoms with Crippen molar-refractivity contribution in [2.45, 2.75) is 37.0 Å². The van der Waals surface area contributed by atoms with Crippen LogP contribution < -0.4 is 16.0 Å². The van der Waals surface area contributed by atoms with E-state index in [1.54, 1.807) is 28.8 Å². The predicted octanol–water partition coefficient (Wildman–Crippen LogP) is 3.63. The molecule has 42 heavy (non-hydrogen) atoms. The number of hydrogen-bond donors (Lipinski definition) is 2. The number of sulfone groups is 1. The smallest absolute Gasteiger partial charge is 0.247 e. The van der Waals surface area contributed by atoms with Crippen LogP contribution in [0.2, 0.25) is 0 Å². The highest BCUT2D eigenvalue weighted by Gasteiger charge is 2.21. The lowest BCUT2D eigenvalue weighted by molar-refractivity contribution is -0.131. The molecule has 4 aromatic rings. The summed E-state index contributed by atoms with van der Waals surface area (Å²) < 4.78 is 25.4. The molecule has 0 radical (unpaired) electrons. The number of nitrogens with zero attached hydrogens (tertiary/aromatic N) is 5. The van der Waals surface area contributed by atoms with Crippen molar-refractivity contribution in [2.24, 2.45) is 5.73 Å². The topological polar surface area (TPSA) is 143 Å². The van der Waals surface area contributed by atoms with Gasteiger partial charge in [-0.1, -0.05) is 24.6 Å². The minimum Gasteiger partial charge on any atom is -0.370 e. The van der Waals surface area contributed by atoms with Gasteiger partial charge in [0.2, 0.25) is 17.8 Å². The van der Waals surface area contributed by atoms with Gasteiger partial charge in [0, 0.05) is 62.2 Å². The van der Waals surface area contributed by atoms with E-state index < -0.39 is 9.84 Å². The monoisotopic (exact) mass is 589 g/mol. The number of carbonyl (C=O) groups is 2. The number of benzene rings is 2. The van der Waals surface area contributed by atoms with Gasteiger partial charge in [-0.15, -0.1) is 5.10 Å². The van der Waals surface area contributed by atoms with Crippen LogP contribution in [0.5, 0.6) is 0 Å². The van der Waals surface area contributed by atoms with E-state index in [-0.39, 0.29) is 16.7 Å². The Kier molecular flexibility index (Phi) is 8.72. The van der Waals surface area contributed by atoms with Crippen molar-refractivity contribution < 1.29 is 18.0 Å². The third-order valence-electron chi connectivity index (χ3n) is 7.37. The second-order valence-corrected chi connectivity index (χ2v) is 12.5. The van der Waals surface area contributed by atoms with Crippen molar-refractivity contribution in [2.75, 3.05) is 42.7 Å². The van der Waals surface area contributed by atoms with Crippen LogP contribution in [0, 0.1) is 0 Å². The van der Waals surface area contributed by atoms with Gasteiger partial charge >= 0.3 is 0 Å². The fraction of sp³-hybridized carbons (Fsp3) is 0.333. The summed E-state index contributed by atoms with van der Waals surface area (Å²) in [5.41, 5.74) is 9.38. The largest absolute Gasteiger partial charge is 0.370 e. The number of pyridine rings is 1. The SMILES string of the molecule is CS(=O)(=O)c1ccc(-c2cccc3nc(Nc4ccc(N5CCN(C(=O)CCCCCC(N)=O)CC5)cc4)nn23)cc1. The van der Waals surface area contributed by atoms with Gasteiger partial charge in [0.05, 0.1) is 10.6 Å². The summed E-state index contributed by atoms with van der Waals surface area (Å²) >= 11 is 0. The molecule has 3 heterocycles. The number of primary amides is 1. The molecule has 5 rings (SSSR count). The van der Waals surface area contributed by atoms with Crippen LogP contribution in [0.4, 0.5) is 17.3 Å². The third kappa shape index (κ3) is 7.06. The van der Waals surface area contributed by atoms with Gasteiger partial charge < -0.3 is 20.9 Å². The van der Waals surface area contributed by atoms with Gasteiger partial charge in [0.15, 0.2) is 15.5 Å². The minimum absolute atomic E-state index is 0.169. The molecule has 0 aliphatic carbocycles. The fourth-order valence-corrected chi connectivity index (χ4v) is 5.69. The molecule has 12 heteroatoms. The Morgan fingerprint density at radius 1 is 0.881 bits per heavy atom. The molecule has 220 valence electrons. The summed E-state index contributed by atoms with van der Waals surface area (Å²) in [6.45, 7) is 2.90. The highest BCUT2D eigenvalue weighted by atomic mass is 32.2. The van der Waals surface area contributed by atoms with Crippen LogP contribution in [0.1, 0.15) is 32.1 Å². The van der Waals surface area contributed by atoms with E-state index in [1.807, 2.05) is 47.4 Å². The second kappa shape index (κ2) is 12.6. The lowest BCUT2D eigenvalue weighted by atomic mass is 10.1. The number of amides is 2. The lowest BCUT2D eigenvalue weighted by Crippen LogP contribution is -2.48. The summed E-state index contributed by atoms with van der Waals surface area (Å²) in [7, 11) is -3.27. The summed E-state index contributed by atoms with van der Waals surface area (Å²) in [6, 6.07) is 20.4. The fourth-order valence-electron chi connectivity index (χ4n) is 5.06. The molecule has 2 amide bonds. The van der Waals surface area contributed by atoms with Crippen LogP contribution in [0.3, 0.4) is 0 Å². The molecule has 0 unspecified atom stereocenters. The Balaban J connectivity index is 1.17. The molecular weight excluding hydrogens is 554 g/mol. The number of piperazine rings is 1. The lowest BCUT2D eigenvalue weighted by Gasteiger charge is -2.36. The molecule has 1 saturated heterocycles. The zero-order chi connectivity index (χ0) is 29.7. The normalized spacial score (nSPS) is 13.8. The van der Waals surface area contributed by atoms with Crippen LogP contribution in [0.15, 0.2) is 71.6 Å². The third-order valence-corrected chi connectivity index (χ3v) is 8.50. The minimum atomic E-state index is -3.27. The number of fused-ring (bicyclic) bond motifs is 1. The maximum Gasteiger partial charge on any atom is 0.247 e. The summed E-state index contributed by atoms with van der Waals surface area (Å²) in [5.74, 6) is 0.326. The Bertz CT molecular complexity index is 1660. The Labute approximate surface area is 245 Å². The van der Waals surface area contributed by atoms with Crippen molar-refractivity contribution in [1.29, 1.82) is 0 Å². The first-order valence-electron chi connectivity index (χ1n) is 14.0. The number of nitrogens with two attached hydrogens (primary N) is 1. The number of unbranched alkanes of at least 4 members (excludes halogenated alkanes) is 2. The number of hydrogen-bond acceptors (Lipinski definition) is 8. The molecule has 1 aliphatic rings. The van der Waals surface area contributed by atoms with Crippen LogP contribution in [-0.2, 0) is 19.4 Å². The van der Waals surface area contributed by atoms with E-state index in [0.717, 1.165) is 55.0 Å². The Hall–Kier alpha value is -4.45. The molecule has 2 aromatic carbocycles. The standard InChI is InChI=1S/C30H35N7O4S/c1-42(40,41)25-16-10-22(11-17-25)26-6-5-8-28-33-30(34-37(26)28)32-23-12-14-24(15-13-23)35-18-20-36(21-19-35)29(39)9-4-2-3-7-27(31)38/h5-6,8,10-17H,2-4,7,9,18-21H2,1H3,(H2,31,38)(H,32,34). The molecule has 3 N–H and O–H groups in total. The van der Waals surface area contributed by atoms with E-state index in [2.05, 4.69) is 20.3 Å². The molecule has 2 aromatic heterocycles. The molecule has 1 aliphatic heterocycles. The highest BCUT2D eigenvalue weighted by Crippen LogP contribution is 2.25. The zero-order valence-corrected chi connectivity index (χ0v) is 24.4. The number of aromatic nitrogens is 3. The van der Waals surface area contributed by atoms with E-state index in [4.69, 9.17) is 5.73 Å². The molecule has 0 saturated carbocycles. The maximum atomic E-state index is 12.5. The van der Waals surface area contributed by atoms with Crippen molar-refractivity contribution in [3.8, 4) is 11.3 Å². The average molecular weight is 590 g/mol. The van der Waals surface area contributed by atoms with Gasteiger partial charge in [0.1, 0.15) is 0 Å². The first-order valence-corrected chi connectivity index (χ1v) is 15.9. The Morgan fingerprint density at radius 3 is 2.24 bits per heavy atom. The predicted molar refractivity (Wildman–Crippen MR) is 162 cm³/mol. The molecule has 0 spiro atoms. The van der Waals surface area contributed by atoms with Gasteiger partial charge in [-0.05, 0) is 61.4 Å². The summed E-state index contributed by atoms with van der Waals surface area (Å²) in [4.78, 5) is 32.4. The number of anilines is 3. The second-order valence-electron chi connectivity index (χ2n) is 10.5. The number of nitrogens with one attached hydrogen (secondary N) is 1. The van der Waals surface area contributed by atoms with Gasteiger partial charge in [-0.25, -0.2) is 12.9 Å². The van der Waals surface area contributed by atoms with E-state index >= 15 is 0 Å². The quantitative estimate of drug-likeness (QED) is 0.253. The van der Waals surface area contributed by atoms with E-state index in [9.17, 15) is 18.0 Å². The van der Waals surface area contributed by atoms with E-state index in [0.29, 0.717) is 37.5 Å². The maximum absolute atomic E-state index is 12.5. The highest BCUT2D eigenvalue weighted by molar-refractivity contribution is 7.90. The zero-order valence-electron chi connectivity index (χ0n) is 23.6. The van der Waals surface area contributed by atoms with E-state index in [1.165, 1.54) is 6.26 Å². The Morgan fingerprint density at radius 2 is 1.57 bits per heavy atom. The number of rotatable bonds is 11. The van der Waals surface area contributed by atoms with Crippen molar-refractivity contribution >= 4 is 44.6 Å². The van der Waals surface area contributed by atoms with Crippen LogP contribution >= 0.6 is 0 Å². The first-order chi connectivity index (χ1) is 20.2. The summed E-state index contributed by atoms with van der Waals surface area (Å²) in [5, 5.41) is 7.91. The molecule has 0 bridgehead atoms. The number of carbonyl (C=O) groups excluding carboxylic acids is 2. The molecule has 0 atom stereocenters. The van der Waals surface area contributed by atoms with Crippen LogP contribution in [0.25, 0.3) is 16.9 Å². The van der Waals surface area contributed by atoms with Crippen molar-refractivity contribution in [3.05, 3.63) is 66.7 Å². The van der Waals surface area contributed by atoms with Gasteiger partial charge in [-0.3, -0.25) is 9.59 Å². The van der Waals surface area contributed by atoms with Crippen molar-refractivity contribution in [3.63, 3.8) is 0 Å².